The number of amides is 1. The Labute approximate surface area is 173 Å². The minimum Gasteiger partial charge on any atom is -0.465 e. The normalized spacial score (nSPS) is 10.6. The van der Waals surface area contributed by atoms with Crippen LogP contribution in [0.15, 0.2) is 47.6 Å². The summed E-state index contributed by atoms with van der Waals surface area (Å²) in [4.78, 5) is 28.4. The van der Waals surface area contributed by atoms with E-state index in [4.69, 9.17) is 4.74 Å². The summed E-state index contributed by atoms with van der Waals surface area (Å²) in [6.07, 6.45) is 0.981. The van der Waals surface area contributed by atoms with Gasteiger partial charge < -0.3 is 10.1 Å². The van der Waals surface area contributed by atoms with E-state index in [1.54, 1.807) is 18.2 Å². The zero-order valence-corrected chi connectivity index (χ0v) is 17.3. The van der Waals surface area contributed by atoms with Gasteiger partial charge in [0.1, 0.15) is 0 Å². The molecule has 0 radical (unpaired) electrons. The van der Waals surface area contributed by atoms with Crippen LogP contribution in [0.5, 0.6) is 0 Å². The van der Waals surface area contributed by atoms with Crippen LogP contribution in [0.4, 0.5) is 5.69 Å². The van der Waals surface area contributed by atoms with Crippen molar-refractivity contribution in [1.29, 1.82) is 0 Å². The standard InChI is InChI=1S/C21H22N4O3S/c1-4-14-6-9-15(10-7-14)19-23-21(25-24-19)29-12-18(26)22-17-11-16(20(27)28-3)8-5-13(17)2/h5-11H,4,12H2,1-3H3,(H,22,26)(H,23,24,25). The second-order valence-electron chi connectivity index (χ2n) is 6.38. The molecular weight excluding hydrogens is 388 g/mol. The number of rotatable bonds is 7. The Kier molecular flexibility index (Phi) is 6.66. The summed E-state index contributed by atoms with van der Waals surface area (Å²) in [5.74, 6) is 0.152. The summed E-state index contributed by atoms with van der Waals surface area (Å²) in [5.41, 5.74) is 4.01. The topological polar surface area (TPSA) is 97.0 Å². The second kappa shape index (κ2) is 9.38. The molecule has 29 heavy (non-hydrogen) atoms. The van der Waals surface area contributed by atoms with Gasteiger partial charge in [-0.3, -0.25) is 9.89 Å². The van der Waals surface area contributed by atoms with Crippen molar-refractivity contribution in [2.75, 3.05) is 18.2 Å². The number of hydrogen-bond acceptors (Lipinski definition) is 6. The third-order valence-electron chi connectivity index (χ3n) is 4.37. The van der Waals surface area contributed by atoms with Gasteiger partial charge >= 0.3 is 5.97 Å². The highest BCUT2D eigenvalue weighted by atomic mass is 32.2. The maximum absolute atomic E-state index is 12.3. The molecule has 0 atom stereocenters. The van der Waals surface area contributed by atoms with Crippen molar-refractivity contribution < 1.29 is 14.3 Å². The Bertz CT molecular complexity index is 1020. The molecule has 1 amide bonds. The molecule has 3 rings (SSSR count). The Morgan fingerprint density at radius 3 is 2.62 bits per heavy atom. The molecule has 0 aliphatic heterocycles. The van der Waals surface area contributed by atoms with Gasteiger partial charge in [0.15, 0.2) is 5.82 Å². The van der Waals surface area contributed by atoms with Crippen molar-refractivity contribution in [2.45, 2.75) is 25.4 Å². The average molecular weight is 410 g/mol. The Morgan fingerprint density at radius 2 is 1.93 bits per heavy atom. The first-order valence-corrected chi connectivity index (χ1v) is 10.1. The summed E-state index contributed by atoms with van der Waals surface area (Å²) in [6.45, 7) is 3.96. The van der Waals surface area contributed by atoms with E-state index in [0.717, 1.165) is 17.5 Å². The number of nitrogens with one attached hydrogen (secondary N) is 2. The lowest BCUT2D eigenvalue weighted by atomic mass is 10.1. The number of carbonyl (C=O) groups excluding carboxylic acids is 2. The third kappa shape index (κ3) is 5.23. The van der Waals surface area contributed by atoms with Crippen molar-refractivity contribution in [3.63, 3.8) is 0 Å². The van der Waals surface area contributed by atoms with Crippen molar-refractivity contribution in [2.24, 2.45) is 0 Å². The van der Waals surface area contributed by atoms with Gasteiger partial charge in [-0.05, 0) is 36.6 Å². The van der Waals surface area contributed by atoms with Crippen LogP contribution in [0.3, 0.4) is 0 Å². The van der Waals surface area contributed by atoms with E-state index in [2.05, 4.69) is 39.6 Å². The van der Waals surface area contributed by atoms with Gasteiger partial charge in [0.2, 0.25) is 11.1 Å². The number of anilines is 1. The number of aryl methyl sites for hydroxylation is 2. The molecular formula is C21H22N4O3S. The van der Waals surface area contributed by atoms with Gasteiger partial charge in [0.05, 0.1) is 18.4 Å². The molecule has 2 aromatic carbocycles. The predicted molar refractivity (Wildman–Crippen MR) is 113 cm³/mol. The lowest BCUT2D eigenvalue weighted by Crippen LogP contribution is -2.15. The maximum Gasteiger partial charge on any atom is 0.337 e. The van der Waals surface area contributed by atoms with Crippen LogP contribution in [-0.2, 0) is 16.0 Å². The molecule has 2 N–H and O–H groups in total. The van der Waals surface area contributed by atoms with E-state index in [-0.39, 0.29) is 11.7 Å². The molecule has 0 unspecified atom stereocenters. The smallest absolute Gasteiger partial charge is 0.337 e. The molecule has 0 bridgehead atoms. The number of aromatic amines is 1. The summed E-state index contributed by atoms with van der Waals surface area (Å²) >= 11 is 1.23. The van der Waals surface area contributed by atoms with Crippen molar-refractivity contribution >= 4 is 29.3 Å². The van der Waals surface area contributed by atoms with Crippen LogP contribution in [0.1, 0.15) is 28.4 Å². The summed E-state index contributed by atoms with van der Waals surface area (Å²) < 4.78 is 4.72. The molecule has 1 heterocycles. The van der Waals surface area contributed by atoms with Gasteiger partial charge in [-0.15, -0.1) is 5.10 Å². The van der Waals surface area contributed by atoms with E-state index < -0.39 is 5.97 Å². The highest BCUT2D eigenvalue weighted by molar-refractivity contribution is 7.99. The van der Waals surface area contributed by atoms with E-state index in [0.29, 0.717) is 22.2 Å². The summed E-state index contributed by atoms with van der Waals surface area (Å²) in [6, 6.07) is 13.1. The van der Waals surface area contributed by atoms with E-state index in [1.165, 1.54) is 24.4 Å². The summed E-state index contributed by atoms with van der Waals surface area (Å²) in [5, 5.41) is 10.4. The molecule has 1 aromatic heterocycles. The number of carbonyl (C=O) groups is 2. The Hall–Kier alpha value is -3.13. The molecule has 3 aromatic rings. The van der Waals surface area contributed by atoms with Crippen molar-refractivity contribution in [3.8, 4) is 11.4 Å². The number of H-pyrrole nitrogens is 1. The third-order valence-corrected chi connectivity index (χ3v) is 5.21. The minimum absolute atomic E-state index is 0.147. The van der Waals surface area contributed by atoms with Gasteiger partial charge in [-0.1, -0.05) is 49.0 Å². The highest BCUT2D eigenvalue weighted by Gasteiger charge is 2.12. The quantitative estimate of drug-likeness (QED) is 0.453. The maximum atomic E-state index is 12.3. The van der Waals surface area contributed by atoms with Gasteiger partial charge in [-0.25, -0.2) is 9.78 Å². The average Bonchev–Trinajstić information content (AvgIpc) is 3.22. The molecule has 0 aliphatic rings. The Balaban J connectivity index is 1.60. The molecule has 0 aliphatic carbocycles. The van der Waals surface area contributed by atoms with Crippen LogP contribution in [0.2, 0.25) is 0 Å². The zero-order chi connectivity index (χ0) is 20.8. The first-order chi connectivity index (χ1) is 14.0. The number of ether oxygens (including phenoxy) is 1. The molecule has 8 heteroatoms. The molecule has 150 valence electrons. The predicted octanol–water partition coefficient (Wildman–Crippen LogP) is 3.86. The van der Waals surface area contributed by atoms with Gasteiger partial charge in [0.25, 0.3) is 0 Å². The van der Waals surface area contributed by atoms with Crippen molar-refractivity contribution in [1.82, 2.24) is 15.2 Å². The van der Waals surface area contributed by atoms with Gasteiger partial charge in [0, 0.05) is 11.3 Å². The van der Waals surface area contributed by atoms with Crippen LogP contribution < -0.4 is 5.32 Å². The number of thioether (sulfide) groups is 1. The minimum atomic E-state index is -0.449. The summed E-state index contributed by atoms with van der Waals surface area (Å²) in [7, 11) is 1.32. The van der Waals surface area contributed by atoms with Crippen LogP contribution in [-0.4, -0.2) is 39.9 Å². The van der Waals surface area contributed by atoms with E-state index in [9.17, 15) is 9.59 Å². The second-order valence-corrected chi connectivity index (χ2v) is 7.32. The first kappa shape index (κ1) is 20.6. The molecule has 0 spiro atoms. The SMILES string of the molecule is CCc1ccc(-c2nc(SCC(=O)Nc3cc(C(=O)OC)ccc3C)n[nH]2)cc1. The number of aromatic nitrogens is 3. The molecule has 0 fully saturated rings. The van der Waals surface area contributed by atoms with Crippen molar-refractivity contribution in [3.05, 3.63) is 59.2 Å². The van der Waals surface area contributed by atoms with Crippen LogP contribution in [0.25, 0.3) is 11.4 Å². The molecule has 7 nitrogen and oxygen atoms in total. The zero-order valence-electron chi connectivity index (χ0n) is 16.5. The van der Waals surface area contributed by atoms with E-state index in [1.807, 2.05) is 19.1 Å². The first-order valence-electron chi connectivity index (χ1n) is 9.13. The van der Waals surface area contributed by atoms with Crippen LogP contribution in [0, 0.1) is 6.92 Å². The van der Waals surface area contributed by atoms with Crippen LogP contribution >= 0.6 is 11.8 Å². The number of methoxy groups -OCH3 is 1. The number of esters is 1. The fourth-order valence-corrected chi connectivity index (χ4v) is 3.25. The van der Waals surface area contributed by atoms with Gasteiger partial charge in [-0.2, -0.15) is 0 Å². The fraction of sp³-hybridized carbons (Fsp3) is 0.238. The molecule has 0 saturated carbocycles. The highest BCUT2D eigenvalue weighted by Crippen LogP contribution is 2.21. The lowest BCUT2D eigenvalue weighted by molar-refractivity contribution is -0.113. The van der Waals surface area contributed by atoms with E-state index >= 15 is 0 Å². The Morgan fingerprint density at radius 1 is 1.17 bits per heavy atom. The number of nitrogens with zero attached hydrogens (tertiary/aromatic N) is 2. The monoisotopic (exact) mass is 410 g/mol. The largest absolute Gasteiger partial charge is 0.465 e. The molecule has 0 saturated heterocycles. The fourth-order valence-electron chi connectivity index (χ4n) is 2.66. The lowest BCUT2D eigenvalue weighted by Gasteiger charge is -2.09. The number of hydrogen-bond donors (Lipinski definition) is 2. The number of benzene rings is 2.